The molecule has 0 fully saturated rings. The minimum atomic E-state index is -0.141. The summed E-state index contributed by atoms with van der Waals surface area (Å²) in [5, 5.41) is 0.589. The molecule has 0 unspecified atom stereocenters. The molecule has 0 aliphatic rings. The van der Waals surface area contributed by atoms with E-state index in [1.165, 1.54) is 0 Å². The van der Waals surface area contributed by atoms with Crippen molar-refractivity contribution in [2.45, 2.75) is 6.54 Å². The number of halogens is 1. The zero-order chi connectivity index (χ0) is 9.97. The fraction of sp³-hybridized carbons (Fsp3) is 0.111. The molecule has 0 radical (unpaired) electrons. The Morgan fingerprint density at radius 1 is 1.43 bits per heavy atom. The minimum absolute atomic E-state index is 0.141. The number of aromatic amines is 1. The van der Waals surface area contributed by atoms with Gasteiger partial charge in [0.25, 0.3) is 5.56 Å². The van der Waals surface area contributed by atoms with Crippen molar-refractivity contribution in [2.75, 3.05) is 0 Å². The number of hydrogen-bond acceptors (Lipinski definition) is 3. The monoisotopic (exact) mass is 209 g/mol. The molecule has 0 atom stereocenters. The van der Waals surface area contributed by atoms with Crippen LogP contribution in [0.4, 0.5) is 0 Å². The number of rotatable bonds is 2. The molecule has 5 heteroatoms. The van der Waals surface area contributed by atoms with Crippen LogP contribution >= 0.6 is 11.8 Å². The molecule has 0 spiro atoms. The number of nitrogens with one attached hydrogen (secondary N) is 2. The summed E-state index contributed by atoms with van der Waals surface area (Å²) < 4.78 is 0. The lowest BCUT2D eigenvalue weighted by Gasteiger charge is -2.00. The van der Waals surface area contributed by atoms with E-state index in [-0.39, 0.29) is 5.56 Å². The second-order valence-electron chi connectivity index (χ2n) is 2.84. The van der Waals surface area contributed by atoms with Gasteiger partial charge >= 0.3 is 0 Å². The van der Waals surface area contributed by atoms with E-state index in [0.29, 0.717) is 23.3 Å². The Balaban J connectivity index is 2.66. The highest BCUT2D eigenvalue weighted by Crippen LogP contribution is 2.05. The summed E-state index contributed by atoms with van der Waals surface area (Å²) in [4.78, 5) is 20.8. The van der Waals surface area contributed by atoms with Crippen molar-refractivity contribution in [3.63, 3.8) is 0 Å². The predicted molar refractivity (Wildman–Crippen MR) is 55.1 cm³/mol. The molecule has 0 aliphatic heterocycles. The van der Waals surface area contributed by atoms with E-state index in [2.05, 4.69) is 14.8 Å². The number of fused-ring (bicyclic) bond motifs is 1. The van der Waals surface area contributed by atoms with Crippen LogP contribution in [0.1, 0.15) is 5.82 Å². The molecule has 14 heavy (non-hydrogen) atoms. The summed E-state index contributed by atoms with van der Waals surface area (Å²) in [5.41, 5.74) is 0.538. The predicted octanol–water partition coefficient (Wildman–Crippen LogP) is 1.17. The maximum atomic E-state index is 11.5. The Bertz CT molecular complexity index is 509. The van der Waals surface area contributed by atoms with Gasteiger partial charge in [0.05, 0.1) is 17.4 Å². The summed E-state index contributed by atoms with van der Waals surface area (Å²) in [6, 6.07) is 7.17. The third kappa shape index (κ3) is 1.62. The van der Waals surface area contributed by atoms with Crippen LogP contribution in [0.2, 0.25) is 0 Å². The first-order valence-corrected chi connectivity index (χ1v) is 4.50. The van der Waals surface area contributed by atoms with Crippen molar-refractivity contribution in [1.82, 2.24) is 14.8 Å². The molecule has 0 amide bonds. The zero-order valence-electron chi connectivity index (χ0n) is 7.25. The number of para-hydroxylation sites is 1. The van der Waals surface area contributed by atoms with Gasteiger partial charge in [-0.1, -0.05) is 12.1 Å². The Morgan fingerprint density at radius 3 is 3.00 bits per heavy atom. The third-order valence-corrected chi connectivity index (χ3v) is 2.03. The van der Waals surface area contributed by atoms with Gasteiger partial charge in [0.2, 0.25) is 0 Å². The van der Waals surface area contributed by atoms with Gasteiger partial charge in [0, 0.05) is 0 Å². The molecule has 4 nitrogen and oxygen atoms in total. The van der Waals surface area contributed by atoms with E-state index in [1.54, 1.807) is 18.2 Å². The van der Waals surface area contributed by atoms with E-state index in [0.717, 1.165) is 0 Å². The molecule has 0 saturated carbocycles. The van der Waals surface area contributed by atoms with Crippen molar-refractivity contribution in [3.8, 4) is 0 Å². The van der Waals surface area contributed by atoms with Crippen molar-refractivity contribution in [1.29, 1.82) is 0 Å². The standard InChI is InChI=1S/C9H8ClN3O/c10-11-5-8-12-7-4-2-1-3-6(7)9(14)13-8/h1-4,11H,5H2,(H,12,13,14). The van der Waals surface area contributed by atoms with Crippen molar-refractivity contribution < 1.29 is 0 Å². The Morgan fingerprint density at radius 2 is 2.21 bits per heavy atom. The van der Waals surface area contributed by atoms with Crippen LogP contribution < -0.4 is 10.4 Å². The molecule has 1 heterocycles. The van der Waals surface area contributed by atoms with Gasteiger partial charge < -0.3 is 4.98 Å². The molecule has 2 rings (SSSR count). The van der Waals surface area contributed by atoms with E-state index >= 15 is 0 Å². The molecule has 2 N–H and O–H groups in total. The van der Waals surface area contributed by atoms with Crippen LogP contribution in [0.3, 0.4) is 0 Å². The molecule has 0 aliphatic carbocycles. The fourth-order valence-electron chi connectivity index (χ4n) is 1.28. The molecule has 0 saturated heterocycles. The average Bonchev–Trinajstić information content (AvgIpc) is 2.18. The number of benzene rings is 1. The molecular formula is C9H8ClN3O. The molecule has 72 valence electrons. The Labute approximate surface area is 85.0 Å². The van der Waals surface area contributed by atoms with Crippen molar-refractivity contribution in [2.24, 2.45) is 0 Å². The summed E-state index contributed by atoms with van der Waals surface area (Å²) >= 11 is 5.33. The van der Waals surface area contributed by atoms with Crippen LogP contribution in [0.15, 0.2) is 29.1 Å². The van der Waals surface area contributed by atoms with Gasteiger partial charge in [-0.05, 0) is 23.9 Å². The van der Waals surface area contributed by atoms with Gasteiger partial charge in [-0.15, -0.1) is 0 Å². The average molecular weight is 210 g/mol. The van der Waals surface area contributed by atoms with Gasteiger partial charge in [0.1, 0.15) is 5.82 Å². The highest BCUT2D eigenvalue weighted by atomic mass is 35.5. The number of aromatic nitrogens is 2. The van der Waals surface area contributed by atoms with Gasteiger partial charge in [-0.2, -0.15) is 0 Å². The first-order valence-electron chi connectivity index (χ1n) is 4.12. The SMILES string of the molecule is O=c1[nH]c(CNCl)nc2ccccc12. The van der Waals surface area contributed by atoms with Crippen LogP contribution in [-0.4, -0.2) is 9.97 Å². The summed E-state index contributed by atoms with van der Waals surface area (Å²) in [5.74, 6) is 0.531. The Hall–Kier alpha value is -1.39. The first kappa shape index (κ1) is 9.18. The van der Waals surface area contributed by atoms with Crippen LogP contribution in [-0.2, 0) is 6.54 Å². The van der Waals surface area contributed by atoms with Gasteiger partial charge in [-0.25, -0.2) is 9.82 Å². The molecule has 2 aromatic rings. The topological polar surface area (TPSA) is 57.8 Å². The molecule has 0 bridgehead atoms. The highest BCUT2D eigenvalue weighted by Gasteiger charge is 2.01. The summed E-state index contributed by atoms with van der Waals surface area (Å²) in [6.07, 6.45) is 0. The number of hydrogen-bond donors (Lipinski definition) is 2. The van der Waals surface area contributed by atoms with E-state index < -0.39 is 0 Å². The van der Waals surface area contributed by atoms with Crippen LogP contribution in [0, 0.1) is 0 Å². The quantitative estimate of drug-likeness (QED) is 0.730. The lowest BCUT2D eigenvalue weighted by molar-refractivity contribution is 0.855. The maximum absolute atomic E-state index is 11.5. The second kappa shape index (κ2) is 3.77. The van der Waals surface area contributed by atoms with Crippen molar-refractivity contribution >= 4 is 22.7 Å². The third-order valence-electron chi connectivity index (χ3n) is 1.90. The van der Waals surface area contributed by atoms with E-state index in [4.69, 9.17) is 11.8 Å². The second-order valence-corrected chi connectivity index (χ2v) is 3.11. The van der Waals surface area contributed by atoms with Gasteiger partial charge in [-0.3, -0.25) is 4.79 Å². The summed E-state index contributed by atoms with van der Waals surface area (Å²) in [6.45, 7) is 0.335. The maximum Gasteiger partial charge on any atom is 0.258 e. The molecular weight excluding hydrogens is 202 g/mol. The molecule has 1 aromatic heterocycles. The largest absolute Gasteiger partial charge is 0.309 e. The number of H-pyrrole nitrogens is 1. The van der Waals surface area contributed by atoms with Gasteiger partial charge in [0.15, 0.2) is 0 Å². The molecule has 1 aromatic carbocycles. The van der Waals surface area contributed by atoms with Crippen molar-refractivity contribution in [3.05, 3.63) is 40.4 Å². The minimum Gasteiger partial charge on any atom is -0.309 e. The smallest absolute Gasteiger partial charge is 0.258 e. The first-order chi connectivity index (χ1) is 6.81. The van der Waals surface area contributed by atoms with E-state index in [1.807, 2.05) is 6.07 Å². The zero-order valence-corrected chi connectivity index (χ0v) is 8.01. The highest BCUT2D eigenvalue weighted by molar-refractivity contribution is 6.13. The lowest BCUT2D eigenvalue weighted by Crippen LogP contribution is -2.14. The van der Waals surface area contributed by atoms with Crippen LogP contribution in [0.25, 0.3) is 10.9 Å². The normalized spacial score (nSPS) is 10.6. The van der Waals surface area contributed by atoms with Crippen LogP contribution in [0.5, 0.6) is 0 Å². The van der Waals surface area contributed by atoms with E-state index in [9.17, 15) is 4.79 Å². The fourth-order valence-corrected chi connectivity index (χ4v) is 1.41. The number of nitrogens with zero attached hydrogens (tertiary/aromatic N) is 1. The lowest BCUT2D eigenvalue weighted by atomic mass is 10.2. The Kier molecular flexibility index (Phi) is 2.47. The summed E-state index contributed by atoms with van der Waals surface area (Å²) in [7, 11) is 0.